The van der Waals surface area contributed by atoms with Crippen molar-refractivity contribution in [2.24, 2.45) is 11.7 Å². The van der Waals surface area contributed by atoms with Gasteiger partial charge >= 0.3 is 0 Å². The summed E-state index contributed by atoms with van der Waals surface area (Å²) in [7, 11) is 0. The molecule has 0 radical (unpaired) electrons. The molecule has 1 rings (SSSR count). The smallest absolute Gasteiger partial charge is 0.0509 e. The first kappa shape index (κ1) is 8.75. The second-order valence-electron chi connectivity index (χ2n) is 3.17. The Morgan fingerprint density at radius 1 is 1.73 bits per heavy atom. The zero-order valence-corrected chi connectivity index (χ0v) is 6.96. The van der Waals surface area contributed by atoms with Crippen LogP contribution in [-0.2, 0) is 4.74 Å². The van der Waals surface area contributed by atoms with Gasteiger partial charge in [-0.05, 0) is 25.2 Å². The van der Waals surface area contributed by atoms with Gasteiger partial charge in [0.05, 0.1) is 6.61 Å². The van der Waals surface area contributed by atoms with Gasteiger partial charge in [-0.1, -0.05) is 6.08 Å². The summed E-state index contributed by atoms with van der Waals surface area (Å²) < 4.78 is 5.34. The lowest BCUT2D eigenvalue weighted by Gasteiger charge is -2.26. The summed E-state index contributed by atoms with van der Waals surface area (Å²) >= 11 is 0. The molecule has 0 aromatic rings. The molecule has 1 heterocycles. The third-order valence-electron chi connectivity index (χ3n) is 2.24. The SMILES string of the molecule is C=CCC(N)C1CCCOC1. The zero-order valence-electron chi connectivity index (χ0n) is 6.96. The quantitative estimate of drug-likeness (QED) is 0.624. The molecule has 1 aliphatic heterocycles. The Morgan fingerprint density at radius 2 is 2.55 bits per heavy atom. The minimum absolute atomic E-state index is 0.257. The molecule has 2 unspecified atom stereocenters. The Morgan fingerprint density at radius 3 is 3.09 bits per heavy atom. The van der Waals surface area contributed by atoms with Crippen molar-refractivity contribution in [3.63, 3.8) is 0 Å². The van der Waals surface area contributed by atoms with Gasteiger partial charge in [0.1, 0.15) is 0 Å². The Hall–Kier alpha value is -0.340. The molecule has 2 heteroatoms. The third-order valence-corrected chi connectivity index (χ3v) is 2.24. The molecule has 0 bridgehead atoms. The van der Waals surface area contributed by atoms with E-state index in [4.69, 9.17) is 10.5 Å². The van der Waals surface area contributed by atoms with Gasteiger partial charge in [-0.15, -0.1) is 6.58 Å². The highest BCUT2D eigenvalue weighted by atomic mass is 16.5. The van der Waals surface area contributed by atoms with E-state index in [1.807, 2.05) is 6.08 Å². The van der Waals surface area contributed by atoms with E-state index in [0.717, 1.165) is 26.1 Å². The molecule has 0 amide bonds. The van der Waals surface area contributed by atoms with Gasteiger partial charge in [0.15, 0.2) is 0 Å². The van der Waals surface area contributed by atoms with E-state index in [1.165, 1.54) is 6.42 Å². The molecular formula is C9H17NO. The molecular weight excluding hydrogens is 138 g/mol. The highest BCUT2D eigenvalue weighted by Gasteiger charge is 2.19. The van der Waals surface area contributed by atoms with Gasteiger partial charge in [-0.25, -0.2) is 0 Å². The lowest BCUT2D eigenvalue weighted by Crippen LogP contribution is -2.35. The first-order chi connectivity index (χ1) is 5.34. The average Bonchev–Trinajstić information content (AvgIpc) is 2.07. The Bertz CT molecular complexity index is 119. The van der Waals surface area contributed by atoms with Gasteiger partial charge in [0.2, 0.25) is 0 Å². The lowest BCUT2D eigenvalue weighted by atomic mass is 9.92. The first-order valence-corrected chi connectivity index (χ1v) is 4.29. The fraction of sp³-hybridized carbons (Fsp3) is 0.778. The van der Waals surface area contributed by atoms with Crippen LogP contribution in [-0.4, -0.2) is 19.3 Å². The molecule has 0 aromatic carbocycles. The Kier molecular flexibility index (Phi) is 3.60. The van der Waals surface area contributed by atoms with Gasteiger partial charge in [0, 0.05) is 12.6 Å². The first-order valence-electron chi connectivity index (χ1n) is 4.29. The van der Waals surface area contributed by atoms with Crippen molar-refractivity contribution in [1.82, 2.24) is 0 Å². The van der Waals surface area contributed by atoms with E-state index < -0.39 is 0 Å². The molecule has 1 aliphatic rings. The molecule has 64 valence electrons. The van der Waals surface area contributed by atoms with Crippen LogP contribution in [0.3, 0.4) is 0 Å². The van der Waals surface area contributed by atoms with Crippen LogP contribution in [0.2, 0.25) is 0 Å². The number of rotatable bonds is 3. The molecule has 0 spiro atoms. The lowest BCUT2D eigenvalue weighted by molar-refractivity contribution is 0.0453. The maximum atomic E-state index is 5.91. The molecule has 0 aromatic heterocycles. The average molecular weight is 155 g/mol. The summed E-state index contributed by atoms with van der Waals surface area (Å²) in [6, 6.07) is 0.257. The van der Waals surface area contributed by atoms with Crippen molar-refractivity contribution in [2.75, 3.05) is 13.2 Å². The number of ether oxygens (including phenoxy) is 1. The van der Waals surface area contributed by atoms with Crippen LogP contribution in [0, 0.1) is 5.92 Å². The van der Waals surface area contributed by atoms with Crippen molar-refractivity contribution in [3.8, 4) is 0 Å². The van der Waals surface area contributed by atoms with Crippen LogP contribution in [0.4, 0.5) is 0 Å². The maximum Gasteiger partial charge on any atom is 0.0509 e. The number of hydrogen-bond acceptors (Lipinski definition) is 2. The summed E-state index contributed by atoms with van der Waals surface area (Å²) in [5.41, 5.74) is 5.91. The van der Waals surface area contributed by atoms with E-state index in [-0.39, 0.29) is 6.04 Å². The van der Waals surface area contributed by atoms with Crippen molar-refractivity contribution in [3.05, 3.63) is 12.7 Å². The van der Waals surface area contributed by atoms with Gasteiger partial charge < -0.3 is 10.5 Å². The van der Waals surface area contributed by atoms with Crippen molar-refractivity contribution in [2.45, 2.75) is 25.3 Å². The number of nitrogens with two attached hydrogens (primary N) is 1. The monoisotopic (exact) mass is 155 g/mol. The van der Waals surface area contributed by atoms with Crippen molar-refractivity contribution < 1.29 is 4.74 Å². The largest absolute Gasteiger partial charge is 0.381 e. The van der Waals surface area contributed by atoms with E-state index in [2.05, 4.69) is 6.58 Å². The maximum absolute atomic E-state index is 5.91. The molecule has 2 N–H and O–H groups in total. The summed E-state index contributed by atoms with van der Waals surface area (Å²) in [6.45, 7) is 5.43. The van der Waals surface area contributed by atoms with Gasteiger partial charge in [0.25, 0.3) is 0 Å². The molecule has 11 heavy (non-hydrogen) atoms. The Balaban J connectivity index is 2.26. The van der Waals surface area contributed by atoms with Crippen molar-refractivity contribution in [1.29, 1.82) is 0 Å². The molecule has 1 saturated heterocycles. The molecule has 0 saturated carbocycles. The highest BCUT2D eigenvalue weighted by Crippen LogP contribution is 2.17. The summed E-state index contributed by atoms with van der Waals surface area (Å²) in [6.07, 6.45) is 5.18. The second-order valence-corrected chi connectivity index (χ2v) is 3.17. The predicted octanol–water partition coefficient (Wildman–Crippen LogP) is 1.32. The summed E-state index contributed by atoms with van der Waals surface area (Å²) in [5.74, 6) is 0.557. The zero-order chi connectivity index (χ0) is 8.10. The van der Waals surface area contributed by atoms with Crippen LogP contribution in [0.5, 0.6) is 0 Å². The van der Waals surface area contributed by atoms with Crippen LogP contribution in [0.15, 0.2) is 12.7 Å². The van der Waals surface area contributed by atoms with E-state index in [1.54, 1.807) is 0 Å². The normalized spacial score (nSPS) is 27.9. The molecule has 1 fully saturated rings. The van der Waals surface area contributed by atoms with Crippen LogP contribution < -0.4 is 5.73 Å². The predicted molar refractivity (Wildman–Crippen MR) is 46.3 cm³/mol. The standard InChI is InChI=1S/C9H17NO/c1-2-4-9(10)8-5-3-6-11-7-8/h2,8-9H,1,3-7,10H2. The van der Waals surface area contributed by atoms with Gasteiger partial charge in [-0.2, -0.15) is 0 Å². The molecule has 0 aliphatic carbocycles. The van der Waals surface area contributed by atoms with E-state index in [0.29, 0.717) is 5.92 Å². The van der Waals surface area contributed by atoms with Gasteiger partial charge in [-0.3, -0.25) is 0 Å². The summed E-state index contributed by atoms with van der Waals surface area (Å²) in [5, 5.41) is 0. The second kappa shape index (κ2) is 4.52. The third kappa shape index (κ3) is 2.64. The minimum Gasteiger partial charge on any atom is -0.381 e. The fourth-order valence-electron chi connectivity index (χ4n) is 1.49. The van der Waals surface area contributed by atoms with Crippen LogP contribution in [0.25, 0.3) is 0 Å². The van der Waals surface area contributed by atoms with Crippen molar-refractivity contribution >= 4 is 0 Å². The van der Waals surface area contributed by atoms with Crippen LogP contribution in [0.1, 0.15) is 19.3 Å². The fourth-order valence-corrected chi connectivity index (χ4v) is 1.49. The van der Waals surface area contributed by atoms with E-state index in [9.17, 15) is 0 Å². The highest BCUT2D eigenvalue weighted by molar-refractivity contribution is 4.82. The summed E-state index contributed by atoms with van der Waals surface area (Å²) in [4.78, 5) is 0. The minimum atomic E-state index is 0.257. The topological polar surface area (TPSA) is 35.2 Å². The van der Waals surface area contributed by atoms with Crippen LogP contribution >= 0.6 is 0 Å². The number of hydrogen-bond donors (Lipinski definition) is 1. The molecule has 2 atom stereocenters. The van der Waals surface area contributed by atoms with E-state index >= 15 is 0 Å². The Labute approximate surface area is 68.4 Å². The molecule has 2 nitrogen and oxygen atoms in total.